The number of benzene rings is 2. The van der Waals surface area contributed by atoms with E-state index in [2.05, 4.69) is 31.2 Å². The number of aliphatic hydroxyl groups excluding tert-OH is 1. The molecule has 18 heavy (non-hydrogen) atoms. The highest BCUT2D eigenvalue weighted by molar-refractivity contribution is 5.89. The number of aryl methyl sites for hydroxylation is 1. The molecule has 0 aliphatic heterocycles. The van der Waals surface area contributed by atoms with Gasteiger partial charge in [-0.15, -0.1) is 0 Å². The number of fused-ring (bicyclic) bond motifs is 1. The van der Waals surface area contributed by atoms with Crippen molar-refractivity contribution in [1.82, 2.24) is 0 Å². The van der Waals surface area contributed by atoms with E-state index in [0.29, 0.717) is 5.92 Å². The molecule has 2 nitrogen and oxygen atoms in total. The molecule has 0 saturated heterocycles. The molecule has 1 fully saturated rings. The van der Waals surface area contributed by atoms with Crippen LogP contribution in [0, 0.1) is 12.8 Å². The van der Waals surface area contributed by atoms with Crippen LogP contribution in [0.4, 0.5) is 0 Å². The summed E-state index contributed by atoms with van der Waals surface area (Å²) in [5.74, 6) is 0.403. The molecule has 0 spiro atoms. The molecule has 2 heteroatoms. The largest absolute Gasteiger partial charge is 0.391 e. The number of aliphatic hydroxyl groups is 1. The van der Waals surface area contributed by atoms with E-state index >= 15 is 0 Å². The Kier molecular flexibility index (Phi) is 2.84. The Bertz CT molecular complexity index is 574. The molecular weight excluding hydrogens is 222 g/mol. The highest BCUT2D eigenvalue weighted by Gasteiger charge is 2.34. The van der Waals surface area contributed by atoms with E-state index in [4.69, 9.17) is 5.73 Å². The van der Waals surface area contributed by atoms with Crippen LogP contribution in [-0.4, -0.2) is 11.2 Å². The second-order valence-corrected chi connectivity index (χ2v) is 5.37. The summed E-state index contributed by atoms with van der Waals surface area (Å²) in [5.41, 5.74) is 8.56. The Morgan fingerprint density at radius 2 is 1.78 bits per heavy atom. The maximum absolute atomic E-state index is 10.2. The van der Waals surface area contributed by atoms with E-state index in [1.807, 2.05) is 12.1 Å². The van der Waals surface area contributed by atoms with Crippen molar-refractivity contribution in [2.45, 2.75) is 31.9 Å². The van der Waals surface area contributed by atoms with Crippen molar-refractivity contribution < 1.29 is 5.11 Å². The number of rotatable bonds is 3. The number of nitrogens with two attached hydrogens (primary N) is 1. The van der Waals surface area contributed by atoms with Crippen molar-refractivity contribution in [3.05, 3.63) is 47.5 Å². The van der Waals surface area contributed by atoms with Gasteiger partial charge in [-0.05, 0) is 47.6 Å². The van der Waals surface area contributed by atoms with Crippen LogP contribution in [0.3, 0.4) is 0 Å². The minimum absolute atomic E-state index is 0.275. The molecule has 0 bridgehead atoms. The van der Waals surface area contributed by atoms with Gasteiger partial charge in [-0.3, -0.25) is 0 Å². The summed E-state index contributed by atoms with van der Waals surface area (Å²) in [6.07, 6.45) is 1.81. The lowest BCUT2D eigenvalue weighted by Gasteiger charge is -2.21. The lowest BCUT2D eigenvalue weighted by atomic mass is 9.92. The molecule has 0 heterocycles. The second-order valence-electron chi connectivity index (χ2n) is 5.37. The molecule has 0 amide bonds. The van der Waals surface area contributed by atoms with Gasteiger partial charge in [0.2, 0.25) is 0 Å². The smallest absolute Gasteiger partial charge is 0.0761 e. The van der Waals surface area contributed by atoms with E-state index < -0.39 is 6.10 Å². The zero-order valence-electron chi connectivity index (χ0n) is 10.6. The Balaban J connectivity index is 2.08. The zero-order valence-corrected chi connectivity index (χ0v) is 10.6. The molecule has 3 N–H and O–H groups in total. The fraction of sp³-hybridized carbons (Fsp3) is 0.375. The minimum atomic E-state index is -0.406. The van der Waals surface area contributed by atoms with E-state index in [0.717, 1.165) is 18.4 Å². The molecule has 2 aromatic rings. The first kappa shape index (κ1) is 11.7. The summed E-state index contributed by atoms with van der Waals surface area (Å²) in [7, 11) is 0. The van der Waals surface area contributed by atoms with Crippen LogP contribution in [0.15, 0.2) is 36.4 Å². The SMILES string of the molecule is Cc1ccc([C@H](N)[C@H](O)C2CC2)c2ccccc12. The van der Waals surface area contributed by atoms with Crippen LogP contribution in [0.2, 0.25) is 0 Å². The molecule has 0 unspecified atom stereocenters. The number of hydrogen-bond donors (Lipinski definition) is 2. The topological polar surface area (TPSA) is 46.2 Å². The van der Waals surface area contributed by atoms with Gasteiger partial charge in [-0.25, -0.2) is 0 Å². The minimum Gasteiger partial charge on any atom is -0.391 e. The Morgan fingerprint density at radius 1 is 1.11 bits per heavy atom. The van der Waals surface area contributed by atoms with Gasteiger partial charge in [0, 0.05) is 0 Å². The normalized spacial score (nSPS) is 18.8. The fourth-order valence-corrected chi connectivity index (χ4v) is 2.68. The summed E-state index contributed by atoms with van der Waals surface area (Å²) in [5, 5.41) is 12.6. The maximum atomic E-state index is 10.2. The van der Waals surface area contributed by atoms with Crippen molar-refractivity contribution in [2.24, 2.45) is 11.7 Å². The predicted molar refractivity (Wildman–Crippen MR) is 74.3 cm³/mol. The van der Waals surface area contributed by atoms with Crippen LogP contribution in [-0.2, 0) is 0 Å². The molecule has 3 rings (SSSR count). The average Bonchev–Trinajstić information content (AvgIpc) is 3.22. The molecular formula is C16H19NO. The van der Waals surface area contributed by atoms with E-state index in [1.165, 1.54) is 16.3 Å². The third kappa shape index (κ3) is 1.92. The molecule has 1 aliphatic rings. The molecule has 1 aliphatic carbocycles. The third-order valence-corrected chi connectivity index (χ3v) is 4.01. The summed E-state index contributed by atoms with van der Waals surface area (Å²) >= 11 is 0. The van der Waals surface area contributed by atoms with Crippen LogP contribution < -0.4 is 5.73 Å². The highest BCUT2D eigenvalue weighted by atomic mass is 16.3. The first-order chi connectivity index (χ1) is 8.68. The quantitative estimate of drug-likeness (QED) is 0.868. The third-order valence-electron chi connectivity index (χ3n) is 4.01. The fourth-order valence-electron chi connectivity index (χ4n) is 2.68. The Hall–Kier alpha value is -1.38. The first-order valence-electron chi connectivity index (χ1n) is 6.60. The van der Waals surface area contributed by atoms with E-state index in [9.17, 15) is 5.11 Å². The average molecular weight is 241 g/mol. The van der Waals surface area contributed by atoms with Gasteiger partial charge in [-0.1, -0.05) is 36.4 Å². The van der Waals surface area contributed by atoms with Crippen molar-refractivity contribution in [3.8, 4) is 0 Å². The standard InChI is InChI=1S/C16H19NO/c1-10-6-9-14(13-5-3-2-4-12(10)13)15(17)16(18)11-7-8-11/h2-6,9,11,15-16,18H,7-8,17H2,1H3/t15-,16+/m0/s1. The van der Waals surface area contributed by atoms with Gasteiger partial charge in [0.15, 0.2) is 0 Å². The number of hydrogen-bond acceptors (Lipinski definition) is 2. The second kappa shape index (κ2) is 4.38. The summed E-state index contributed by atoms with van der Waals surface area (Å²) < 4.78 is 0. The summed E-state index contributed by atoms with van der Waals surface area (Å²) in [4.78, 5) is 0. The van der Waals surface area contributed by atoms with Crippen molar-refractivity contribution in [2.75, 3.05) is 0 Å². The molecule has 94 valence electrons. The zero-order chi connectivity index (χ0) is 12.7. The van der Waals surface area contributed by atoms with Gasteiger partial charge in [0.1, 0.15) is 0 Å². The summed E-state index contributed by atoms with van der Waals surface area (Å²) in [6.45, 7) is 2.11. The molecule has 2 aromatic carbocycles. The van der Waals surface area contributed by atoms with Gasteiger partial charge in [0.05, 0.1) is 12.1 Å². The highest BCUT2D eigenvalue weighted by Crippen LogP contribution is 2.38. The monoisotopic (exact) mass is 241 g/mol. The predicted octanol–water partition coefficient (Wildman–Crippen LogP) is 2.92. The molecule has 2 atom stereocenters. The van der Waals surface area contributed by atoms with Crippen LogP contribution in [0.1, 0.15) is 30.0 Å². The van der Waals surface area contributed by atoms with Gasteiger partial charge >= 0.3 is 0 Å². The van der Waals surface area contributed by atoms with Crippen LogP contribution in [0.5, 0.6) is 0 Å². The van der Waals surface area contributed by atoms with E-state index in [1.54, 1.807) is 0 Å². The van der Waals surface area contributed by atoms with Crippen molar-refractivity contribution in [1.29, 1.82) is 0 Å². The van der Waals surface area contributed by atoms with Crippen molar-refractivity contribution >= 4 is 10.8 Å². The van der Waals surface area contributed by atoms with E-state index in [-0.39, 0.29) is 6.04 Å². The Labute approximate surface area is 107 Å². The van der Waals surface area contributed by atoms with Gasteiger partial charge in [0.25, 0.3) is 0 Å². The Morgan fingerprint density at radius 3 is 2.44 bits per heavy atom. The molecule has 0 aromatic heterocycles. The van der Waals surface area contributed by atoms with Crippen molar-refractivity contribution in [3.63, 3.8) is 0 Å². The summed E-state index contributed by atoms with van der Waals surface area (Å²) in [6, 6.07) is 12.2. The van der Waals surface area contributed by atoms with Gasteiger partial charge < -0.3 is 10.8 Å². The molecule has 0 radical (unpaired) electrons. The maximum Gasteiger partial charge on any atom is 0.0761 e. The van der Waals surface area contributed by atoms with Crippen LogP contribution >= 0.6 is 0 Å². The lowest BCUT2D eigenvalue weighted by Crippen LogP contribution is -2.28. The van der Waals surface area contributed by atoms with Gasteiger partial charge in [-0.2, -0.15) is 0 Å². The molecule has 1 saturated carbocycles. The van der Waals surface area contributed by atoms with Crippen LogP contribution in [0.25, 0.3) is 10.8 Å². The lowest BCUT2D eigenvalue weighted by molar-refractivity contribution is 0.123. The first-order valence-corrected chi connectivity index (χ1v) is 6.60.